The van der Waals surface area contributed by atoms with Gasteiger partial charge in [-0.15, -0.1) is 10.2 Å². The molecule has 0 bridgehead atoms. The van der Waals surface area contributed by atoms with Gasteiger partial charge in [-0.25, -0.2) is 4.39 Å². The number of aryl methyl sites for hydroxylation is 2. The second-order valence-corrected chi connectivity index (χ2v) is 8.51. The van der Waals surface area contributed by atoms with Gasteiger partial charge < -0.3 is 15.0 Å². The minimum absolute atomic E-state index is 0.00564. The van der Waals surface area contributed by atoms with Crippen LogP contribution in [0.2, 0.25) is 0 Å². The Labute approximate surface area is 193 Å². The molecule has 1 aliphatic heterocycles. The van der Waals surface area contributed by atoms with Gasteiger partial charge in [0.05, 0.1) is 12.2 Å². The highest BCUT2D eigenvalue weighted by molar-refractivity contribution is 5.79. The number of aromatic nitrogens is 2. The summed E-state index contributed by atoms with van der Waals surface area (Å²) in [7, 11) is 0. The number of nitrogens with one attached hydrogen (secondary N) is 1. The Hall–Kier alpha value is -3.48. The van der Waals surface area contributed by atoms with Crippen LogP contribution in [0, 0.1) is 25.6 Å². The number of amides is 1. The summed E-state index contributed by atoms with van der Waals surface area (Å²) < 4.78 is 18.9. The van der Waals surface area contributed by atoms with E-state index in [0.29, 0.717) is 18.8 Å². The predicted molar refractivity (Wildman–Crippen MR) is 127 cm³/mol. The highest BCUT2D eigenvalue weighted by atomic mass is 19.1. The van der Waals surface area contributed by atoms with Gasteiger partial charge in [-0.3, -0.25) is 4.79 Å². The lowest BCUT2D eigenvalue weighted by atomic mass is 9.96. The van der Waals surface area contributed by atoms with Gasteiger partial charge in [-0.2, -0.15) is 0 Å². The highest BCUT2D eigenvalue weighted by Crippen LogP contribution is 2.24. The number of benzene rings is 2. The van der Waals surface area contributed by atoms with Crippen molar-refractivity contribution in [2.24, 2.45) is 5.92 Å². The first kappa shape index (κ1) is 22.7. The summed E-state index contributed by atoms with van der Waals surface area (Å²) in [6, 6.07) is 16.1. The lowest BCUT2D eigenvalue weighted by molar-refractivity contribution is -0.125. The SMILES string of the molecule is Cc1cc(C)cc(OCCNC(=O)C2CCN(c3ccc(-c4ccc(F)cc4)nn3)CC2)c1. The van der Waals surface area contributed by atoms with Crippen LogP contribution in [-0.4, -0.2) is 42.3 Å². The van der Waals surface area contributed by atoms with Crippen molar-refractivity contribution in [2.75, 3.05) is 31.1 Å². The molecule has 4 rings (SSSR count). The van der Waals surface area contributed by atoms with Crippen LogP contribution in [0.3, 0.4) is 0 Å². The first-order valence-corrected chi connectivity index (χ1v) is 11.3. The number of anilines is 1. The maximum absolute atomic E-state index is 13.1. The summed E-state index contributed by atoms with van der Waals surface area (Å²) in [4.78, 5) is 14.7. The number of rotatable bonds is 7. The van der Waals surface area contributed by atoms with Gasteiger partial charge in [-0.05, 0) is 86.3 Å². The van der Waals surface area contributed by atoms with E-state index in [2.05, 4.69) is 26.5 Å². The number of nitrogens with zero attached hydrogens (tertiary/aromatic N) is 3. The lowest BCUT2D eigenvalue weighted by Crippen LogP contribution is -2.41. The van der Waals surface area contributed by atoms with Gasteiger partial charge in [0, 0.05) is 24.6 Å². The smallest absolute Gasteiger partial charge is 0.223 e. The van der Waals surface area contributed by atoms with E-state index in [0.717, 1.165) is 54.2 Å². The number of hydrogen-bond donors (Lipinski definition) is 1. The van der Waals surface area contributed by atoms with E-state index in [9.17, 15) is 9.18 Å². The molecule has 6 nitrogen and oxygen atoms in total. The monoisotopic (exact) mass is 448 g/mol. The van der Waals surface area contributed by atoms with Crippen molar-refractivity contribution >= 4 is 11.7 Å². The Morgan fingerprint density at radius 3 is 2.36 bits per heavy atom. The molecule has 1 N–H and O–H groups in total. The zero-order chi connectivity index (χ0) is 23.2. The Morgan fingerprint density at radius 1 is 1.03 bits per heavy atom. The zero-order valence-corrected chi connectivity index (χ0v) is 19.1. The molecule has 0 aliphatic carbocycles. The van der Waals surface area contributed by atoms with Crippen molar-refractivity contribution in [1.82, 2.24) is 15.5 Å². The van der Waals surface area contributed by atoms with Gasteiger partial charge >= 0.3 is 0 Å². The minimum Gasteiger partial charge on any atom is -0.492 e. The first-order valence-electron chi connectivity index (χ1n) is 11.3. The van der Waals surface area contributed by atoms with Gasteiger partial charge in [0.2, 0.25) is 5.91 Å². The van der Waals surface area contributed by atoms with E-state index >= 15 is 0 Å². The third-order valence-corrected chi connectivity index (χ3v) is 5.85. The van der Waals surface area contributed by atoms with Crippen LogP contribution < -0.4 is 15.0 Å². The predicted octanol–water partition coefficient (Wildman–Crippen LogP) is 4.31. The largest absolute Gasteiger partial charge is 0.492 e. The normalized spacial score (nSPS) is 14.2. The molecule has 1 saturated heterocycles. The molecule has 172 valence electrons. The van der Waals surface area contributed by atoms with Crippen LogP contribution in [0.5, 0.6) is 5.75 Å². The minimum atomic E-state index is -0.274. The summed E-state index contributed by atoms with van der Waals surface area (Å²) >= 11 is 0. The van der Waals surface area contributed by atoms with Crippen molar-refractivity contribution in [2.45, 2.75) is 26.7 Å². The Kier molecular flexibility index (Phi) is 7.17. The standard InChI is InChI=1S/C26H29FN4O2/c1-18-15-19(2)17-23(16-18)33-14-11-28-26(32)21-9-12-31(13-10-21)25-8-7-24(29-30-25)20-3-5-22(27)6-4-20/h3-8,15-17,21H,9-14H2,1-2H3,(H,28,32). The first-order chi connectivity index (χ1) is 16.0. The fraction of sp³-hybridized carbons (Fsp3) is 0.346. The number of piperidine rings is 1. The molecule has 0 atom stereocenters. The molecule has 1 aromatic heterocycles. The van der Waals surface area contributed by atoms with Crippen LogP contribution >= 0.6 is 0 Å². The van der Waals surface area contributed by atoms with E-state index in [-0.39, 0.29) is 17.6 Å². The highest BCUT2D eigenvalue weighted by Gasteiger charge is 2.25. The van der Waals surface area contributed by atoms with Crippen molar-refractivity contribution in [3.05, 3.63) is 71.5 Å². The van der Waals surface area contributed by atoms with Crippen LogP contribution in [0.15, 0.2) is 54.6 Å². The molecule has 2 heterocycles. The summed E-state index contributed by atoms with van der Waals surface area (Å²) in [5, 5.41) is 11.6. The van der Waals surface area contributed by atoms with Crippen molar-refractivity contribution in [1.29, 1.82) is 0 Å². The molecule has 0 spiro atoms. The Morgan fingerprint density at radius 2 is 1.73 bits per heavy atom. The number of halogens is 1. The van der Waals surface area contributed by atoms with Crippen molar-refractivity contribution in [3.63, 3.8) is 0 Å². The second-order valence-electron chi connectivity index (χ2n) is 8.51. The summed E-state index contributed by atoms with van der Waals surface area (Å²) in [6.07, 6.45) is 1.54. The maximum Gasteiger partial charge on any atom is 0.223 e. The van der Waals surface area contributed by atoms with E-state index < -0.39 is 0 Å². The van der Waals surface area contributed by atoms with Gasteiger partial charge in [0.15, 0.2) is 5.82 Å². The van der Waals surface area contributed by atoms with E-state index in [4.69, 9.17) is 4.74 Å². The molecule has 1 amide bonds. The van der Waals surface area contributed by atoms with Gasteiger partial charge in [0.25, 0.3) is 0 Å². The van der Waals surface area contributed by atoms with E-state index in [1.54, 1.807) is 12.1 Å². The average molecular weight is 449 g/mol. The molecule has 3 aromatic rings. The molecule has 1 fully saturated rings. The molecule has 2 aromatic carbocycles. The molecule has 0 radical (unpaired) electrons. The maximum atomic E-state index is 13.1. The van der Waals surface area contributed by atoms with Gasteiger partial charge in [-0.1, -0.05) is 6.07 Å². The van der Waals surface area contributed by atoms with Gasteiger partial charge in [0.1, 0.15) is 18.2 Å². The average Bonchev–Trinajstić information content (AvgIpc) is 2.82. The number of carbonyl (C=O) groups excluding carboxylic acids is 1. The molecule has 0 saturated carbocycles. The molecule has 7 heteroatoms. The van der Waals surface area contributed by atoms with Crippen LogP contribution in [-0.2, 0) is 4.79 Å². The lowest BCUT2D eigenvalue weighted by Gasteiger charge is -2.31. The van der Waals surface area contributed by atoms with E-state index in [1.807, 2.05) is 38.1 Å². The quantitative estimate of drug-likeness (QED) is 0.546. The fourth-order valence-electron chi connectivity index (χ4n) is 4.14. The number of carbonyl (C=O) groups is 1. The van der Waals surface area contributed by atoms with E-state index in [1.165, 1.54) is 12.1 Å². The second kappa shape index (κ2) is 10.4. The molecule has 33 heavy (non-hydrogen) atoms. The number of ether oxygens (including phenoxy) is 1. The molecule has 0 unspecified atom stereocenters. The fourth-order valence-corrected chi connectivity index (χ4v) is 4.14. The van der Waals surface area contributed by atoms with Crippen LogP contribution in [0.4, 0.5) is 10.2 Å². The Bertz CT molecular complexity index is 1060. The third-order valence-electron chi connectivity index (χ3n) is 5.85. The van der Waals surface area contributed by atoms with Crippen LogP contribution in [0.1, 0.15) is 24.0 Å². The number of hydrogen-bond acceptors (Lipinski definition) is 5. The zero-order valence-electron chi connectivity index (χ0n) is 19.1. The summed E-state index contributed by atoms with van der Waals surface area (Å²) in [5.41, 5.74) is 3.86. The molecular weight excluding hydrogens is 419 g/mol. The topological polar surface area (TPSA) is 67.3 Å². The van der Waals surface area contributed by atoms with Crippen LogP contribution in [0.25, 0.3) is 11.3 Å². The van der Waals surface area contributed by atoms with Crippen molar-refractivity contribution < 1.29 is 13.9 Å². The third kappa shape index (κ3) is 6.06. The summed E-state index contributed by atoms with van der Waals surface area (Å²) in [5.74, 6) is 1.43. The molecular formula is C26H29FN4O2. The van der Waals surface area contributed by atoms with Crippen molar-refractivity contribution in [3.8, 4) is 17.0 Å². The summed E-state index contributed by atoms with van der Waals surface area (Å²) in [6.45, 7) is 6.52. The molecule has 1 aliphatic rings. The Balaban J connectivity index is 1.21.